The van der Waals surface area contributed by atoms with Gasteiger partial charge in [0.25, 0.3) is 5.91 Å². The molecule has 1 aromatic carbocycles. The van der Waals surface area contributed by atoms with Gasteiger partial charge < -0.3 is 14.5 Å². The van der Waals surface area contributed by atoms with Gasteiger partial charge in [0, 0.05) is 5.02 Å². The molecule has 24 heavy (non-hydrogen) atoms. The first-order valence-electron chi connectivity index (χ1n) is 7.08. The van der Waals surface area contributed by atoms with E-state index in [2.05, 4.69) is 5.32 Å². The predicted molar refractivity (Wildman–Crippen MR) is 88.6 cm³/mol. The zero-order valence-electron chi connectivity index (χ0n) is 12.7. The number of anilines is 1. The largest absolute Gasteiger partial charge is 0.476 e. The van der Waals surface area contributed by atoms with Crippen molar-refractivity contribution < 1.29 is 22.4 Å². The third kappa shape index (κ3) is 3.49. The molecule has 1 atom stereocenters. The van der Waals surface area contributed by atoms with Gasteiger partial charge in [-0.15, -0.1) is 0 Å². The standard InChI is InChI=1S/C15H15ClN2O5S/c1-24(20,21)18-9-14(15(19)17-8-11-3-2-6-22-11)23-13-5-4-10(16)7-12(13)18/h2-7,14H,8-9H2,1H3,(H,17,19). The van der Waals surface area contributed by atoms with E-state index in [0.29, 0.717) is 16.5 Å². The number of carbonyl (C=O) groups is 1. The summed E-state index contributed by atoms with van der Waals surface area (Å²) < 4.78 is 36.0. The van der Waals surface area contributed by atoms with Crippen molar-refractivity contribution in [1.82, 2.24) is 5.32 Å². The molecule has 7 nitrogen and oxygen atoms in total. The molecule has 0 radical (unpaired) electrons. The van der Waals surface area contributed by atoms with Gasteiger partial charge >= 0.3 is 0 Å². The summed E-state index contributed by atoms with van der Waals surface area (Å²) in [7, 11) is -3.58. The fourth-order valence-corrected chi connectivity index (χ4v) is 3.45. The van der Waals surface area contributed by atoms with E-state index in [9.17, 15) is 13.2 Å². The maximum Gasteiger partial charge on any atom is 0.263 e. The molecule has 1 aliphatic heterocycles. The van der Waals surface area contributed by atoms with Crippen LogP contribution in [0, 0.1) is 0 Å². The highest BCUT2D eigenvalue weighted by Crippen LogP contribution is 2.37. The zero-order chi connectivity index (χ0) is 17.3. The summed E-state index contributed by atoms with van der Waals surface area (Å²) in [5.41, 5.74) is 0.320. The molecule has 1 aliphatic rings. The Labute approximate surface area is 144 Å². The second-order valence-corrected chi connectivity index (χ2v) is 7.65. The van der Waals surface area contributed by atoms with Crippen LogP contribution in [0.15, 0.2) is 41.0 Å². The molecular formula is C15H15ClN2O5S. The van der Waals surface area contributed by atoms with Crippen molar-refractivity contribution in [2.24, 2.45) is 0 Å². The third-order valence-electron chi connectivity index (χ3n) is 3.50. The van der Waals surface area contributed by atoms with Gasteiger partial charge in [-0.2, -0.15) is 0 Å². The minimum atomic E-state index is -3.58. The van der Waals surface area contributed by atoms with Gasteiger partial charge in [0.2, 0.25) is 10.0 Å². The molecule has 3 rings (SSSR count). The number of hydrogen-bond donors (Lipinski definition) is 1. The topological polar surface area (TPSA) is 88.9 Å². The number of furan rings is 1. The molecule has 0 saturated carbocycles. The van der Waals surface area contributed by atoms with E-state index in [1.807, 2.05) is 0 Å². The zero-order valence-corrected chi connectivity index (χ0v) is 14.3. The van der Waals surface area contributed by atoms with Crippen molar-refractivity contribution in [1.29, 1.82) is 0 Å². The minimum Gasteiger partial charge on any atom is -0.476 e. The Kier molecular flexibility index (Phi) is 4.42. The molecule has 0 aliphatic carbocycles. The first-order chi connectivity index (χ1) is 11.3. The van der Waals surface area contributed by atoms with Crippen LogP contribution < -0.4 is 14.4 Å². The summed E-state index contributed by atoms with van der Waals surface area (Å²) in [6.45, 7) is 0.0637. The van der Waals surface area contributed by atoms with Crippen molar-refractivity contribution in [3.8, 4) is 5.75 Å². The lowest BCUT2D eigenvalue weighted by molar-refractivity contribution is -0.128. The summed E-state index contributed by atoms with van der Waals surface area (Å²) in [5.74, 6) is 0.446. The number of fused-ring (bicyclic) bond motifs is 1. The molecule has 0 spiro atoms. The van der Waals surface area contributed by atoms with Crippen molar-refractivity contribution in [3.05, 3.63) is 47.4 Å². The van der Waals surface area contributed by atoms with Gasteiger partial charge in [0.05, 0.1) is 31.3 Å². The number of halogens is 1. The summed E-state index contributed by atoms with van der Waals surface area (Å²) in [4.78, 5) is 12.3. The Balaban J connectivity index is 1.81. The summed E-state index contributed by atoms with van der Waals surface area (Å²) in [6, 6.07) is 8.05. The van der Waals surface area contributed by atoms with Crippen molar-refractivity contribution in [2.45, 2.75) is 12.6 Å². The maximum absolute atomic E-state index is 12.3. The van der Waals surface area contributed by atoms with Gasteiger partial charge in [-0.3, -0.25) is 9.10 Å². The Bertz CT molecular complexity index is 851. The van der Waals surface area contributed by atoms with Gasteiger partial charge in [0.15, 0.2) is 6.10 Å². The Morgan fingerprint density at radius 1 is 1.42 bits per heavy atom. The van der Waals surface area contributed by atoms with Gasteiger partial charge in [-0.25, -0.2) is 8.42 Å². The molecular weight excluding hydrogens is 356 g/mol. The molecule has 1 N–H and O–H groups in total. The molecule has 128 valence electrons. The van der Waals surface area contributed by atoms with E-state index in [-0.39, 0.29) is 18.8 Å². The van der Waals surface area contributed by atoms with E-state index < -0.39 is 22.0 Å². The monoisotopic (exact) mass is 370 g/mol. The second kappa shape index (κ2) is 6.37. The molecule has 1 unspecified atom stereocenters. The molecule has 0 fully saturated rings. The number of nitrogens with zero attached hydrogens (tertiary/aromatic N) is 1. The SMILES string of the molecule is CS(=O)(=O)N1CC(C(=O)NCc2ccco2)Oc2ccc(Cl)cc21. The number of amides is 1. The maximum atomic E-state index is 12.3. The van der Waals surface area contributed by atoms with Crippen LogP contribution in [0.1, 0.15) is 5.76 Å². The number of ether oxygens (including phenoxy) is 1. The highest BCUT2D eigenvalue weighted by molar-refractivity contribution is 7.92. The average Bonchev–Trinajstić information content (AvgIpc) is 3.04. The van der Waals surface area contributed by atoms with E-state index in [1.165, 1.54) is 12.3 Å². The van der Waals surface area contributed by atoms with Crippen LogP contribution in [-0.2, 0) is 21.4 Å². The lowest BCUT2D eigenvalue weighted by Gasteiger charge is -2.34. The quantitative estimate of drug-likeness (QED) is 0.886. The Morgan fingerprint density at radius 2 is 2.21 bits per heavy atom. The third-order valence-corrected chi connectivity index (χ3v) is 4.88. The van der Waals surface area contributed by atoms with Crippen LogP contribution in [0.4, 0.5) is 5.69 Å². The van der Waals surface area contributed by atoms with Gasteiger partial charge in [-0.05, 0) is 30.3 Å². The van der Waals surface area contributed by atoms with E-state index >= 15 is 0 Å². The number of hydrogen-bond acceptors (Lipinski definition) is 5. The van der Waals surface area contributed by atoms with E-state index in [4.69, 9.17) is 20.8 Å². The van der Waals surface area contributed by atoms with E-state index in [1.54, 1.807) is 24.3 Å². The normalized spacial score (nSPS) is 17.1. The number of rotatable bonds is 4. The summed E-state index contributed by atoms with van der Waals surface area (Å²) in [5, 5.41) is 3.04. The first kappa shape index (κ1) is 16.7. The first-order valence-corrected chi connectivity index (χ1v) is 9.31. The van der Waals surface area contributed by atoms with Crippen molar-refractivity contribution in [2.75, 3.05) is 17.1 Å². The smallest absolute Gasteiger partial charge is 0.263 e. The summed E-state index contributed by atoms with van der Waals surface area (Å²) >= 11 is 5.93. The van der Waals surface area contributed by atoms with Crippen molar-refractivity contribution >= 4 is 33.2 Å². The Morgan fingerprint density at radius 3 is 2.88 bits per heavy atom. The predicted octanol–water partition coefficient (Wildman–Crippen LogP) is 1.78. The molecule has 9 heteroatoms. The Hall–Kier alpha value is -2.19. The van der Waals surface area contributed by atoms with Crippen LogP contribution >= 0.6 is 11.6 Å². The van der Waals surface area contributed by atoms with Crippen LogP contribution in [0.2, 0.25) is 5.02 Å². The number of benzene rings is 1. The highest BCUT2D eigenvalue weighted by atomic mass is 35.5. The van der Waals surface area contributed by atoms with Gasteiger partial charge in [0.1, 0.15) is 11.5 Å². The second-order valence-electron chi connectivity index (χ2n) is 5.31. The van der Waals surface area contributed by atoms with Crippen molar-refractivity contribution in [3.63, 3.8) is 0 Å². The number of sulfonamides is 1. The molecule has 1 amide bonds. The molecule has 0 bridgehead atoms. The molecule has 2 aromatic rings. The fraction of sp³-hybridized carbons (Fsp3) is 0.267. The molecule has 1 aromatic heterocycles. The molecule has 2 heterocycles. The van der Waals surface area contributed by atoms with Crippen LogP contribution in [0.5, 0.6) is 5.75 Å². The molecule has 0 saturated heterocycles. The minimum absolute atomic E-state index is 0.129. The number of nitrogens with one attached hydrogen (secondary N) is 1. The van der Waals surface area contributed by atoms with Crippen LogP contribution in [0.25, 0.3) is 0 Å². The highest BCUT2D eigenvalue weighted by Gasteiger charge is 2.35. The number of carbonyl (C=O) groups excluding carboxylic acids is 1. The van der Waals surface area contributed by atoms with Crippen LogP contribution in [-0.4, -0.2) is 33.2 Å². The van der Waals surface area contributed by atoms with E-state index in [0.717, 1.165) is 10.6 Å². The lowest BCUT2D eigenvalue weighted by atomic mass is 10.2. The van der Waals surface area contributed by atoms with Crippen LogP contribution in [0.3, 0.4) is 0 Å². The summed E-state index contributed by atoms with van der Waals surface area (Å²) in [6.07, 6.45) is 1.61. The average molecular weight is 371 g/mol. The lowest BCUT2D eigenvalue weighted by Crippen LogP contribution is -2.50. The fourth-order valence-electron chi connectivity index (χ4n) is 2.38. The van der Waals surface area contributed by atoms with Gasteiger partial charge in [-0.1, -0.05) is 11.6 Å².